The molecule has 1 heterocycles. The van der Waals surface area contributed by atoms with Crippen LogP contribution in [0.1, 0.15) is 46.5 Å². The van der Waals surface area contributed by atoms with E-state index >= 15 is 0 Å². The number of nitrogens with one attached hydrogen (secondary N) is 2. The minimum Gasteiger partial charge on any atom is -0.408 e. The third-order valence-electron chi connectivity index (χ3n) is 5.67. The van der Waals surface area contributed by atoms with Gasteiger partial charge in [0.25, 0.3) is 0 Å². The minimum atomic E-state index is -3.98. The number of fused-ring (bicyclic) bond motifs is 1. The summed E-state index contributed by atoms with van der Waals surface area (Å²) >= 11 is 0. The second-order valence-corrected chi connectivity index (χ2v) is 10.1. The molecule has 29 heavy (non-hydrogen) atoms. The summed E-state index contributed by atoms with van der Waals surface area (Å²) < 4.78 is 34.7. The molecule has 1 atom stereocenters. The zero-order valence-corrected chi connectivity index (χ0v) is 18.1. The average molecular weight is 424 g/mol. The summed E-state index contributed by atoms with van der Waals surface area (Å²) in [4.78, 5) is 24.4. The minimum absolute atomic E-state index is 0.0516. The number of rotatable bonds is 6. The summed E-state index contributed by atoms with van der Waals surface area (Å²) in [6, 6.07) is 3.41. The number of carbonyl (C=O) groups is 1. The standard InChI is InChI=1S/C20H29N3O5S/c1-12(2)18(19(24)21-14-7-5-13(3)6-8-14)22-29(26,27)15-9-10-16-17(11-15)28-20(25)23(16)4/h9-14,18,22H,5-8H2,1-4H3,(H,21,24)/t13?,14?,18-/m1/s1. The van der Waals surface area contributed by atoms with Crippen molar-refractivity contribution in [1.29, 1.82) is 0 Å². The number of carbonyl (C=O) groups excluding carboxylic acids is 1. The van der Waals surface area contributed by atoms with Crippen LogP contribution in [0, 0.1) is 11.8 Å². The fourth-order valence-corrected chi connectivity index (χ4v) is 5.06. The van der Waals surface area contributed by atoms with E-state index in [9.17, 15) is 18.0 Å². The Balaban J connectivity index is 1.78. The van der Waals surface area contributed by atoms with E-state index in [1.807, 2.05) is 0 Å². The molecule has 1 aromatic carbocycles. The molecule has 160 valence electrons. The molecule has 2 N–H and O–H groups in total. The first-order valence-corrected chi connectivity index (χ1v) is 11.5. The highest BCUT2D eigenvalue weighted by Gasteiger charge is 2.31. The van der Waals surface area contributed by atoms with Crippen LogP contribution in [0.25, 0.3) is 11.1 Å². The third-order valence-corrected chi connectivity index (χ3v) is 7.11. The third kappa shape index (κ3) is 4.72. The van der Waals surface area contributed by atoms with Gasteiger partial charge in [0.05, 0.1) is 10.4 Å². The molecule has 1 aromatic heterocycles. The number of aryl methyl sites for hydroxylation is 1. The Hall–Kier alpha value is -2.13. The summed E-state index contributed by atoms with van der Waals surface area (Å²) in [6.45, 7) is 5.80. The molecule has 1 saturated carbocycles. The van der Waals surface area contributed by atoms with E-state index in [2.05, 4.69) is 17.0 Å². The van der Waals surface area contributed by atoms with Crippen molar-refractivity contribution in [1.82, 2.24) is 14.6 Å². The maximum atomic E-state index is 12.9. The number of sulfonamides is 1. The van der Waals surface area contributed by atoms with Gasteiger partial charge in [-0.15, -0.1) is 0 Å². The lowest BCUT2D eigenvalue weighted by atomic mass is 9.87. The predicted molar refractivity (Wildman–Crippen MR) is 110 cm³/mol. The normalized spacial score (nSPS) is 21.4. The summed E-state index contributed by atoms with van der Waals surface area (Å²) in [5.74, 6) is -0.444. The Morgan fingerprint density at radius 1 is 1.21 bits per heavy atom. The van der Waals surface area contributed by atoms with Crippen LogP contribution >= 0.6 is 0 Å². The molecule has 1 aliphatic rings. The second-order valence-electron chi connectivity index (χ2n) is 8.36. The number of hydrogen-bond donors (Lipinski definition) is 2. The SMILES string of the molecule is CC1CCC(NC(=O)[C@H](NS(=O)(=O)c2ccc3c(c2)oc(=O)n3C)C(C)C)CC1. The molecular formula is C20H29N3O5S. The number of benzene rings is 1. The average Bonchev–Trinajstić information content (AvgIpc) is 2.95. The zero-order valence-electron chi connectivity index (χ0n) is 17.3. The highest BCUT2D eigenvalue weighted by Crippen LogP contribution is 2.24. The molecule has 0 radical (unpaired) electrons. The topological polar surface area (TPSA) is 110 Å². The van der Waals surface area contributed by atoms with Gasteiger partial charge in [0.15, 0.2) is 5.58 Å². The van der Waals surface area contributed by atoms with Crippen molar-refractivity contribution in [3.63, 3.8) is 0 Å². The van der Waals surface area contributed by atoms with E-state index in [0.717, 1.165) is 25.7 Å². The number of amides is 1. The van der Waals surface area contributed by atoms with Gasteiger partial charge in [-0.1, -0.05) is 20.8 Å². The van der Waals surface area contributed by atoms with Crippen molar-refractivity contribution in [3.8, 4) is 0 Å². The van der Waals surface area contributed by atoms with Crippen molar-refractivity contribution in [3.05, 3.63) is 28.7 Å². The van der Waals surface area contributed by atoms with E-state index in [1.54, 1.807) is 20.9 Å². The van der Waals surface area contributed by atoms with Gasteiger partial charge >= 0.3 is 5.76 Å². The van der Waals surface area contributed by atoms with Crippen LogP contribution in [0.4, 0.5) is 0 Å². The highest BCUT2D eigenvalue weighted by molar-refractivity contribution is 7.89. The molecule has 9 heteroatoms. The van der Waals surface area contributed by atoms with Crippen molar-refractivity contribution in [2.45, 2.75) is 63.4 Å². The molecule has 0 unspecified atom stereocenters. The van der Waals surface area contributed by atoms with Crippen LogP contribution in [-0.2, 0) is 21.9 Å². The molecule has 0 bridgehead atoms. The molecule has 0 spiro atoms. The zero-order chi connectivity index (χ0) is 21.3. The van der Waals surface area contributed by atoms with Crippen molar-refractivity contribution in [2.75, 3.05) is 0 Å². The van der Waals surface area contributed by atoms with Gasteiger partial charge in [-0.2, -0.15) is 4.72 Å². The van der Waals surface area contributed by atoms with E-state index in [1.165, 1.54) is 22.8 Å². The molecule has 1 aliphatic carbocycles. The molecular weight excluding hydrogens is 394 g/mol. The lowest BCUT2D eigenvalue weighted by Crippen LogP contribution is -2.52. The number of hydrogen-bond acceptors (Lipinski definition) is 5. The smallest absolute Gasteiger partial charge is 0.408 e. The van der Waals surface area contributed by atoms with Crippen LogP contribution in [0.3, 0.4) is 0 Å². The van der Waals surface area contributed by atoms with Crippen molar-refractivity contribution >= 4 is 27.0 Å². The van der Waals surface area contributed by atoms with Gasteiger partial charge in [0, 0.05) is 19.2 Å². The van der Waals surface area contributed by atoms with E-state index in [4.69, 9.17) is 4.42 Å². The molecule has 0 aliphatic heterocycles. The predicted octanol–water partition coefficient (Wildman–Crippen LogP) is 2.13. The Labute approximate surface area is 170 Å². The summed E-state index contributed by atoms with van der Waals surface area (Å²) in [5.41, 5.74) is 0.681. The first-order valence-electron chi connectivity index (χ1n) is 10.0. The highest BCUT2D eigenvalue weighted by atomic mass is 32.2. The molecule has 1 fully saturated rings. The molecule has 8 nitrogen and oxygen atoms in total. The quantitative estimate of drug-likeness (QED) is 0.739. The Kier molecular flexibility index (Phi) is 6.19. The molecule has 1 amide bonds. The Morgan fingerprint density at radius 2 is 1.86 bits per heavy atom. The van der Waals surface area contributed by atoms with Gasteiger partial charge in [0.2, 0.25) is 15.9 Å². The van der Waals surface area contributed by atoms with Crippen molar-refractivity contribution in [2.24, 2.45) is 18.9 Å². The van der Waals surface area contributed by atoms with E-state index in [-0.39, 0.29) is 28.3 Å². The number of oxazole rings is 1. The molecule has 2 aromatic rings. The van der Waals surface area contributed by atoms with Gasteiger partial charge in [0.1, 0.15) is 6.04 Å². The number of nitrogens with zero attached hydrogens (tertiary/aromatic N) is 1. The Morgan fingerprint density at radius 3 is 2.48 bits per heavy atom. The monoisotopic (exact) mass is 423 g/mol. The van der Waals surface area contributed by atoms with Gasteiger partial charge in [-0.05, 0) is 49.7 Å². The van der Waals surface area contributed by atoms with Crippen molar-refractivity contribution < 1.29 is 17.6 Å². The summed E-state index contributed by atoms with van der Waals surface area (Å²) in [5, 5.41) is 3.01. The first kappa shape index (κ1) is 21.6. The lowest BCUT2D eigenvalue weighted by molar-refractivity contribution is -0.124. The summed E-state index contributed by atoms with van der Waals surface area (Å²) in [7, 11) is -2.43. The van der Waals surface area contributed by atoms with E-state index in [0.29, 0.717) is 11.4 Å². The van der Waals surface area contributed by atoms with Gasteiger partial charge < -0.3 is 9.73 Å². The lowest BCUT2D eigenvalue weighted by Gasteiger charge is -2.29. The first-order chi connectivity index (χ1) is 13.6. The van der Waals surface area contributed by atoms with Gasteiger partial charge in [-0.25, -0.2) is 13.2 Å². The van der Waals surface area contributed by atoms with Crippen LogP contribution in [0.5, 0.6) is 0 Å². The maximum Gasteiger partial charge on any atom is 0.419 e. The fourth-order valence-electron chi connectivity index (χ4n) is 3.70. The number of aromatic nitrogens is 1. The largest absolute Gasteiger partial charge is 0.419 e. The van der Waals surface area contributed by atoms with Crippen LogP contribution in [0.15, 0.2) is 32.3 Å². The van der Waals surface area contributed by atoms with Crippen LogP contribution < -0.4 is 15.8 Å². The second kappa shape index (κ2) is 8.31. The molecule has 3 rings (SSSR count). The van der Waals surface area contributed by atoms with Crippen LogP contribution in [0.2, 0.25) is 0 Å². The molecule has 0 saturated heterocycles. The van der Waals surface area contributed by atoms with Gasteiger partial charge in [-0.3, -0.25) is 9.36 Å². The maximum absolute atomic E-state index is 12.9. The fraction of sp³-hybridized carbons (Fsp3) is 0.600. The van der Waals surface area contributed by atoms with Crippen LogP contribution in [-0.4, -0.2) is 31.0 Å². The Bertz CT molecular complexity index is 1050. The van der Waals surface area contributed by atoms with E-state index < -0.39 is 21.8 Å². The summed E-state index contributed by atoms with van der Waals surface area (Å²) in [6.07, 6.45) is 3.94.